The van der Waals surface area contributed by atoms with Crippen molar-refractivity contribution >= 4 is 10.9 Å². The summed E-state index contributed by atoms with van der Waals surface area (Å²) in [6, 6.07) is 6.60. The summed E-state index contributed by atoms with van der Waals surface area (Å²) >= 11 is 0. The van der Waals surface area contributed by atoms with Gasteiger partial charge in [0.05, 0.1) is 13.2 Å². The van der Waals surface area contributed by atoms with Crippen LogP contribution in [0.25, 0.3) is 10.9 Å². The Hall–Kier alpha value is -1.52. The van der Waals surface area contributed by atoms with Crippen molar-refractivity contribution in [2.24, 2.45) is 7.05 Å². The SMILES string of the molecule is CC(C)c1cc2c(ccn2C)cc1OCCN1CCOCC1. The van der Waals surface area contributed by atoms with E-state index in [0.29, 0.717) is 5.92 Å². The van der Waals surface area contributed by atoms with Crippen LogP contribution in [0.1, 0.15) is 25.3 Å². The van der Waals surface area contributed by atoms with Crippen LogP contribution in [0, 0.1) is 0 Å². The standard InChI is InChI=1S/C18H26N2O2/c1-14(2)16-13-17-15(4-5-19(17)3)12-18(16)22-11-8-20-6-9-21-10-7-20/h4-5,12-14H,6-11H2,1-3H3. The molecule has 0 saturated carbocycles. The first-order chi connectivity index (χ1) is 10.6. The predicted octanol–water partition coefficient (Wildman–Crippen LogP) is 3.01. The van der Waals surface area contributed by atoms with Crippen LogP contribution in [0.15, 0.2) is 24.4 Å². The molecule has 2 aromatic rings. The summed E-state index contributed by atoms with van der Waals surface area (Å²) in [6.45, 7) is 9.85. The predicted molar refractivity (Wildman–Crippen MR) is 89.8 cm³/mol. The van der Waals surface area contributed by atoms with Gasteiger partial charge in [0.1, 0.15) is 12.4 Å². The molecular formula is C18H26N2O2. The summed E-state index contributed by atoms with van der Waals surface area (Å²) in [4.78, 5) is 2.40. The molecule has 1 saturated heterocycles. The number of hydrogen-bond acceptors (Lipinski definition) is 3. The first kappa shape index (κ1) is 15.4. The minimum atomic E-state index is 0.456. The van der Waals surface area contributed by atoms with Crippen molar-refractivity contribution in [3.63, 3.8) is 0 Å². The van der Waals surface area contributed by atoms with E-state index in [4.69, 9.17) is 9.47 Å². The molecule has 0 aliphatic carbocycles. The maximum Gasteiger partial charge on any atom is 0.123 e. The van der Waals surface area contributed by atoms with Crippen molar-refractivity contribution in [2.75, 3.05) is 39.5 Å². The topological polar surface area (TPSA) is 26.6 Å². The van der Waals surface area contributed by atoms with Crippen LogP contribution < -0.4 is 4.74 Å². The molecule has 22 heavy (non-hydrogen) atoms. The molecule has 1 fully saturated rings. The van der Waals surface area contributed by atoms with Gasteiger partial charge >= 0.3 is 0 Å². The minimum Gasteiger partial charge on any atom is -0.492 e. The number of ether oxygens (including phenoxy) is 2. The van der Waals surface area contributed by atoms with Gasteiger partial charge in [-0.25, -0.2) is 0 Å². The van der Waals surface area contributed by atoms with E-state index in [1.165, 1.54) is 16.5 Å². The number of nitrogens with zero attached hydrogens (tertiary/aromatic N) is 2. The molecule has 2 heterocycles. The molecule has 1 aliphatic rings. The molecule has 1 aromatic heterocycles. The number of aryl methyl sites for hydroxylation is 1. The first-order valence-electron chi connectivity index (χ1n) is 8.17. The molecule has 120 valence electrons. The Morgan fingerprint density at radius 1 is 1.23 bits per heavy atom. The fourth-order valence-electron chi connectivity index (χ4n) is 3.00. The third kappa shape index (κ3) is 3.28. The third-order valence-electron chi connectivity index (χ3n) is 4.41. The molecule has 1 aromatic carbocycles. The summed E-state index contributed by atoms with van der Waals surface area (Å²) in [5.74, 6) is 1.49. The molecule has 4 nitrogen and oxygen atoms in total. The van der Waals surface area contributed by atoms with E-state index >= 15 is 0 Å². The Morgan fingerprint density at radius 3 is 2.73 bits per heavy atom. The summed E-state index contributed by atoms with van der Waals surface area (Å²) in [6.07, 6.45) is 2.10. The van der Waals surface area contributed by atoms with Gasteiger partial charge < -0.3 is 14.0 Å². The Labute approximate surface area is 132 Å². The average molecular weight is 302 g/mol. The van der Waals surface area contributed by atoms with Gasteiger partial charge in [-0.05, 0) is 29.7 Å². The van der Waals surface area contributed by atoms with E-state index in [9.17, 15) is 0 Å². The minimum absolute atomic E-state index is 0.456. The first-order valence-corrected chi connectivity index (χ1v) is 8.17. The van der Waals surface area contributed by atoms with E-state index < -0.39 is 0 Å². The molecule has 4 heteroatoms. The lowest BCUT2D eigenvalue weighted by Gasteiger charge is -2.26. The van der Waals surface area contributed by atoms with Crippen LogP contribution in [0.3, 0.4) is 0 Å². The highest BCUT2D eigenvalue weighted by Crippen LogP contribution is 2.31. The van der Waals surface area contributed by atoms with E-state index in [1.807, 2.05) is 0 Å². The lowest BCUT2D eigenvalue weighted by Crippen LogP contribution is -2.38. The number of rotatable bonds is 5. The van der Waals surface area contributed by atoms with E-state index in [2.05, 4.69) is 54.8 Å². The zero-order valence-electron chi connectivity index (χ0n) is 13.8. The van der Waals surface area contributed by atoms with Gasteiger partial charge in [-0.3, -0.25) is 4.90 Å². The van der Waals surface area contributed by atoms with Crippen LogP contribution in [-0.2, 0) is 11.8 Å². The largest absolute Gasteiger partial charge is 0.492 e. The molecule has 0 spiro atoms. The van der Waals surface area contributed by atoms with Crippen LogP contribution in [0.5, 0.6) is 5.75 Å². The van der Waals surface area contributed by atoms with Crippen molar-refractivity contribution in [1.82, 2.24) is 9.47 Å². The monoisotopic (exact) mass is 302 g/mol. The van der Waals surface area contributed by atoms with E-state index in [1.54, 1.807) is 0 Å². The second-order valence-electron chi connectivity index (χ2n) is 6.33. The Morgan fingerprint density at radius 2 is 2.00 bits per heavy atom. The zero-order valence-corrected chi connectivity index (χ0v) is 13.8. The molecule has 0 amide bonds. The second kappa shape index (κ2) is 6.71. The Kier molecular flexibility index (Phi) is 4.69. The highest BCUT2D eigenvalue weighted by molar-refractivity contribution is 5.83. The Bertz CT molecular complexity index is 627. The molecule has 1 aliphatic heterocycles. The van der Waals surface area contributed by atoms with Gasteiger partial charge in [0.15, 0.2) is 0 Å². The fourth-order valence-corrected chi connectivity index (χ4v) is 3.00. The summed E-state index contributed by atoms with van der Waals surface area (Å²) in [5, 5.41) is 1.24. The molecular weight excluding hydrogens is 276 g/mol. The number of aromatic nitrogens is 1. The van der Waals surface area contributed by atoms with Gasteiger partial charge in [-0.15, -0.1) is 0 Å². The van der Waals surface area contributed by atoms with Crippen molar-refractivity contribution < 1.29 is 9.47 Å². The zero-order chi connectivity index (χ0) is 15.5. The summed E-state index contributed by atoms with van der Waals surface area (Å²) in [5.41, 5.74) is 2.56. The maximum atomic E-state index is 6.13. The third-order valence-corrected chi connectivity index (χ3v) is 4.41. The van der Waals surface area contributed by atoms with Crippen LogP contribution in [-0.4, -0.2) is 48.9 Å². The fraction of sp³-hybridized carbons (Fsp3) is 0.556. The molecule has 0 N–H and O–H groups in total. The number of fused-ring (bicyclic) bond motifs is 1. The van der Waals surface area contributed by atoms with Gasteiger partial charge in [0, 0.05) is 43.8 Å². The highest BCUT2D eigenvalue weighted by atomic mass is 16.5. The molecule has 0 radical (unpaired) electrons. The quantitative estimate of drug-likeness (QED) is 0.849. The van der Waals surface area contributed by atoms with Crippen molar-refractivity contribution in [3.8, 4) is 5.75 Å². The normalized spacial score (nSPS) is 16.5. The number of hydrogen-bond donors (Lipinski definition) is 0. The Balaban J connectivity index is 1.72. The van der Waals surface area contributed by atoms with Crippen LogP contribution >= 0.6 is 0 Å². The number of morpholine rings is 1. The smallest absolute Gasteiger partial charge is 0.123 e. The highest BCUT2D eigenvalue weighted by Gasteiger charge is 2.13. The second-order valence-corrected chi connectivity index (χ2v) is 6.33. The molecule has 0 bridgehead atoms. The summed E-state index contributed by atoms with van der Waals surface area (Å²) < 4.78 is 13.7. The molecule has 0 unspecified atom stereocenters. The van der Waals surface area contributed by atoms with Crippen molar-refractivity contribution in [2.45, 2.75) is 19.8 Å². The van der Waals surface area contributed by atoms with Crippen molar-refractivity contribution in [3.05, 3.63) is 30.0 Å². The van der Waals surface area contributed by atoms with Crippen LogP contribution in [0.2, 0.25) is 0 Å². The van der Waals surface area contributed by atoms with Crippen molar-refractivity contribution in [1.29, 1.82) is 0 Å². The van der Waals surface area contributed by atoms with Gasteiger partial charge in [0.2, 0.25) is 0 Å². The van der Waals surface area contributed by atoms with Gasteiger partial charge in [-0.2, -0.15) is 0 Å². The van der Waals surface area contributed by atoms with E-state index in [-0.39, 0.29) is 0 Å². The molecule has 0 atom stereocenters. The lowest BCUT2D eigenvalue weighted by molar-refractivity contribution is 0.0322. The van der Waals surface area contributed by atoms with Gasteiger partial charge in [-0.1, -0.05) is 13.8 Å². The summed E-state index contributed by atoms with van der Waals surface area (Å²) in [7, 11) is 2.09. The van der Waals surface area contributed by atoms with E-state index in [0.717, 1.165) is 45.2 Å². The number of benzene rings is 1. The maximum absolute atomic E-state index is 6.13. The molecule has 3 rings (SSSR count). The van der Waals surface area contributed by atoms with Gasteiger partial charge in [0.25, 0.3) is 0 Å². The van der Waals surface area contributed by atoms with Crippen LogP contribution in [0.4, 0.5) is 0 Å². The lowest BCUT2D eigenvalue weighted by atomic mass is 10.0. The average Bonchev–Trinajstić information content (AvgIpc) is 2.88.